The SMILES string of the molecule is CCN=CCc1ccc(C[18F])cc1. The van der Waals surface area contributed by atoms with Crippen molar-refractivity contribution < 1.29 is 4.39 Å². The van der Waals surface area contributed by atoms with Crippen molar-refractivity contribution in [1.82, 2.24) is 0 Å². The van der Waals surface area contributed by atoms with Gasteiger partial charge in [-0.15, -0.1) is 0 Å². The molecule has 0 saturated carbocycles. The van der Waals surface area contributed by atoms with Crippen LogP contribution in [0.3, 0.4) is 0 Å². The van der Waals surface area contributed by atoms with Crippen LogP contribution in [0.4, 0.5) is 4.39 Å². The van der Waals surface area contributed by atoms with Crippen LogP contribution in [0.1, 0.15) is 18.1 Å². The van der Waals surface area contributed by atoms with Gasteiger partial charge < -0.3 is 0 Å². The van der Waals surface area contributed by atoms with Crippen LogP contribution in [0.2, 0.25) is 0 Å². The molecule has 1 rings (SSSR count). The average Bonchev–Trinajstić information content (AvgIpc) is 2.19. The highest BCUT2D eigenvalue weighted by atomic mass is 18.2. The standard InChI is InChI=1S/C11H14FN/c1-2-13-8-7-10-3-5-11(9-12)6-4-10/h3-6,8H,2,7,9H2,1H3/i12-1. The highest BCUT2D eigenvalue weighted by Crippen LogP contribution is 2.05. The molecule has 0 bridgehead atoms. The molecule has 1 nitrogen and oxygen atoms in total. The van der Waals surface area contributed by atoms with Crippen molar-refractivity contribution in [3.8, 4) is 0 Å². The third-order valence-electron chi connectivity index (χ3n) is 1.82. The molecule has 13 heavy (non-hydrogen) atoms. The zero-order valence-corrected chi connectivity index (χ0v) is 7.83. The van der Waals surface area contributed by atoms with Gasteiger partial charge in [0.25, 0.3) is 0 Å². The lowest BCUT2D eigenvalue weighted by atomic mass is 10.1. The molecule has 0 aliphatic heterocycles. The smallest absolute Gasteiger partial charge is 0.115 e. The molecule has 0 saturated heterocycles. The van der Waals surface area contributed by atoms with E-state index in [9.17, 15) is 4.39 Å². The van der Waals surface area contributed by atoms with E-state index in [0.717, 1.165) is 18.5 Å². The van der Waals surface area contributed by atoms with E-state index >= 15 is 0 Å². The Labute approximate surface area is 78.3 Å². The minimum absolute atomic E-state index is 0.386. The van der Waals surface area contributed by atoms with E-state index in [-0.39, 0.29) is 6.67 Å². The molecule has 0 aromatic heterocycles. The van der Waals surface area contributed by atoms with Crippen molar-refractivity contribution in [2.75, 3.05) is 6.54 Å². The summed E-state index contributed by atoms with van der Waals surface area (Å²) < 4.78 is 12.1. The van der Waals surface area contributed by atoms with Crippen molar-refractivity contribution in [2.45, 2.75) is 20.0 Å². The summed E-state index contributed by atoms with van der Waals surface area (Å²) in [5.41, 5.74) is 1.91. The normalized spacial score (nSPS) is 10.9. The summed E-state index contributed by atoms with van der Waals surface area (Å²) in [6, 6.07) is 7.51. The average molecular weight is 178 g/mol. The molecular formula is C11H14FN. The maximum atomic E-state index is 12.1. The van der Waals surface area contributed by atoms with Gasteiger partial charge in [0, 0.05) is 19.2 Å². The Morgan fingerprint density at radius 1 is 1.23 bits per heavy atom. The van der Waals surface area contributed by atoms with Gasteiger partial charge in [0.2, 0.25) is 0 Å². The van der Waals surface area contributed by atoms with Gasteiger partial charge in [-0.05, 0) is 18.1 Å². The van der Waals surface area contributed by atoms with Crippen LogP contribution in [-0.4, -0.2) is 12.8 Å². The summed E-state index contributed by atoms with van der Waals surface area (Å²) in [5.74, 6) is 0. The first-order valence-electron chi connectivity index (χ1n) is 4.49. The molecular weight excluding hydrogens is 164 g/mol. The Kier molecular flexibility index (Phi) is 4.16. The van der Waals surface area contributed by atoms with Crippen LogP contribution in [-0.2, 0) is 13.1 Å². The number of aliphatic imine (C=N–C) groups is 1. The highest BCUT2D eigenvalue weighted by Gasteiger charge is 1.91. The Bertz CT molecular complexity index is 264. The van der Waals surface area contributed by atoms with E-state index in [2.05, 4.69) is 4.99 Å². The van der Waals surface area contributed by atoms with E-state index in [4.69, 9.17) is 0 Å². The summed E-state index contributed by atoms with van der Waals surface area (Å²) >= 11 is 0. The van der Waals surface area contributed by atoms with Crippen LogP contribution in [0.15, 0.2) is 29.3 Å². The zero-order chi connectivity index (χ0) is 9.52. The minimum Gasteiger partial charge on any atom is -0.297 e. The molecule has 0 fully saturated rings. The van der Waals surface area contributed by atoms with E-state index in [1.165, 1.54) is 5.56 Å². The topological polar surface area (TPSA) is 12.4 Å². The molecule has 0 aliphatic rings. The first-order chi connectivity index (χ1) is 6.36. The third-order valence-corrected chi connectivity index (χ3v) is 1.82. The Balaban J connectivity index is 2.54. The molecule has 1 aromatic carbocycles. The second kappa shape index (κ2) is 5.46. The van der Waals surface area contributed by atoms with Crippen LogP contribution in [0.25, 0.3) is 0 Å². The molecule has 0 spiro atoms. The van der Waals surface area contributed by atoms with Crippen molar-refractivity contribution in [1.29, 1.82) is 0 Å². The quantitative estimate of drug-likeness (QED) is 0.629. The van der Waals surface area contributed by atoms with Gasteiger partial charge in [0.05, 0.1) is 0 Å². The lowest BCUT2D eigenvalue weighted by Crippen LogP contribution is -1.87. The van der Waals surface area contributed by atoms with E-state index in [0.29, 0.717) is 0 Å². The molecule has 0 amide bonds. The van der Waals surface area contributed by atoms with Crippen molar-refractivity contribution in [3.05, 3.63) is 35.4 Å². The van der Waals surface area contributed by atoms with Crippen molar-refractivity contribution in [3.63, 3.8) is 0 Å². The van der Waals surface area contributed by atoms with Gasteiger partial charge in [-0.1, -0.05) is 24.3 Å². The van der Waals surface area contributed by atoms with Crippen molar-refractivity contribution >= 4 is 6.21 Å². The molecule has 0 aliphatic carbocycles. The first kappa shape index (κ1) is 9.90. The molecule has 2 heteroatoms. The Morgan fingerprint density at radius 3 is 2.38 bits per heavy atom. The molecule has 0 heterocycles. The fourth-order valence-corrected chi connectivity index (χ4v) is 1.06. The monoisotopic (exact) mass is 178 g/mol. The minimum atomic E-state index is -0.386. The highest BCUT2D eigenvalue weighted by molar-refractivity contribution is 5.61. The first-order valence-corrected chi connectivity index (χ1v) is 4.49. The predicted octanol–water partition coefficient (Wildman–Crippen LogP) is 2.79. The molecule has 0 radical (unpaired) electrons. The molecule has 70 valence electrons. The number of benzene rings is 1. The summed E-state index contributed by atoms with van der Waals surface area (Å²) in [5, 5.41) is 0. The lowest BCUT2D eigenvalue weighted by Gasteiger charge is -1.97. The van der Waals surface area contributed by atoms with Gasteiger partial charge in [-0.25, -0.2) is 4.39 Å². The van der Waals surface area contributed by atoms with Crippen LogP contribution in [0, 0.1) is 0 Å². The largest absolute Gasteiger partial charge is 0.297 e. The van der Waals surface area contributed by atoms with Crippen LogP contribution < -0.4 is 0 Å². The summed E-state index contributed by atoms with van der Waals surface area (Å²) in [6.45, 7) is 2.44. The van der Waals surface area contributed by atoms with Gasteiger partial charge in [-0.2, -0.15) is 0 Å². The van der Waals surface area contributed by atoms with E-state index in [1.807, 2.05) is 37.4 Å². The van der Waals surface area contributed by atoms with Gasteiger partial charge >= 0.3 is 0 Å². The lowest BCUT2D eigenvalue weighted by molar-refractivity contribution is 0.485. The summed E-state index contributed by atoms with van der Waals surface area (Å²) in [6.07, 6.45) is 2.73. The Hall–Kier alpha value is -1.18. The van der Waals surface area contributed by atoms with Crippen LogP contribution >= 0.6 is 0 Å². The summed E-state index contributed by atoms with van der Waals surface area (Å²) in [4.78, 5) is 4.11. The number of hydrogen-bond acceptors (Lipinski definition) is 1. The van der Waals surface area contributed by atoms with Crippen molar-refractivity contribution in [2.24, 2.45) is 4.99 Å². The van der Waals surface area contributed by atoms with Gasteiger partial charge in [0.1, 0.15) is 6.67 Å². The van der Waals surface area contributed by atoms with Gasteiger partial charge in [0.15, 0.2) is 0 Å². The maximum Gasteiger partial charge on any atom is 0.115 e. The number of nitrogens with zero attached hydrogens (tertiary/aromatic N) is 1. The second-order valence-electron chi connectivity index (χ2n) is 2.84. The zero-order valence-electron chi connectivity index (χ0n) is 7.83. The molecule has 1 aromatic rings. The predicted molar refractivity (Wildman–Crippen MR) is 54.0 cm³/mol. The van der Waals surface area contributed by atoms with Crippen LogP contribution in [0.5, 0.6) is 0 Å². The Morgan fingerprint density at radius 2 is 1.85 bits per heavy atom. The molecule has 0 unspecified atom stereocenters. The number of halogens is 1. The fourth-order valence-electron chi connectivity index (χ4n) is 1.06. The summed E-state index contributed by atoms with van der Waals surface area (Å²) in [7, 11) is 0. The molecule has 0 atom stereocenters. The third kappa shape index (κ3) is 3.36. The number of rotatable bonds is 4. The second-order valence-corrected chi connectivity index (χ2v) is 2.84. The fraction of sp³-hybridized carbons (Fsp3) is 0.364. The van der Waals surface area contributed by atoms with Gasteiger partial charge in [-0.3, -0.25) is 4.99 Å². The maximum absolute atomic E-state index is 12.1. The molecule has 0 N–H and O–H groups in total. The number of hydrogen-bond donors (Lipinski definition) is 0. The number of alkyl halides is 1. The van der Waals surface area contributed by atoms with E-state index in [1.54, 1.807) is 0 Å². The van der Waals surface area contributed by atoms with E-state index < -0.39 is 0 Å².